The fourth-order valence-corrected chi connectivity index (χ4v) is 2.04. The van der Waals surface area contributed by atoms with E-state index >= 15 is 0 Å². The summed E-state index contributed by atoms with van der Waals surface area (Å²) in [7, 11) is 1.66. The van der Waals surface area contributed by atoms with Crippen LogP contribution in [0.25, 0.3) is 11.1 Å². The van der Waals surface area contributed by atoms with E-state index < -0.39 is 0 Å². The molecule has 2 rings (SSSR count). The fourth-order valence-electron chi connectivity index (χ4n) is 1.78. The molecule has 17 heavy (non-hydrogen) atoms. The first kappa shape index (κ1) is 12.1. The molecular formula is C14H14BrNO. The SMILES string of the molecule is COc1ccc(-c2ccc(Br)cc2)c(CN)c1. The van der Waals surface area contributed by atoms with Gasteiger partial charge in [-0.05, 0) is 41.0 Å². The first-order valence-electron chi connectivity index (χ1n) is 5.37. The van der Waals surface area contributed by atoms with Gasteiger partial charge in [0, 0.05) is 11.0 Å². The maximum absolute atomic E-state index is 5.78. The first-order chi connectivity index (χ1) is 8.24. The molecule has 0 aromatic heterocycles. The van der Waals surface area contributed by atoms with Crippen LogP contribution >= 0.6 is 15.9 Å². The lowest BCUT2D eigenvalue weighted by Crippen LogP contribution is -1.99. The lowest BCUT2D eigenvalue weighted by molar-refractivity contribution is 0.414. The number of ether oxygens (including phenoxy) is 1. The summed E-state index contributed by atoms with van der Waals surface area (Å²) < 4.78 is 6.28. The number of rotatable bonds is 3. The Kier molecular flexibility index (Phi) is 3.82. The summed E-state index contributed by atoms with van der Waals surface area (Å²) in [5, 5.41) is 0. The van der Waals surface area contributed by atoms with Gasteiger partial charge in [-0.15, -0.1) is 0 Å². The van der Waals surface area contributed by atoms with Crippen molar-refractivity contribution in [2.45, 2.75) is 6.54 Å². The molecule has 0 saturated carbocycles. The third kappa shape index (κ3) is 2.68. The van der Waals surface area contributed by atoms with E-state index in [0.717, 1.165) is 26.9 Å². The summed E-state index contributed by atoms with van der Waals surface area (Å²) in [4.78, 5) is 0. The fraction of sp³-hybridized carbons (Fsp3) is 0.143. The maximum Gasteiger partial charge on any atom is 0.119 e. The van der Waals surface area contributed by atoms with Crippen LogP contribution in [0.1, 0.15) is 5.56 Å². The molecule has 0 aliphatic rings. The van der Waals surface area contributed by atoms with Crippen LogP contribution in [0.15, 0.2) is 46.9 Å². The molecule has 0 heterocycles. The maximum atomic E-state index is 5.78. The molecule has 0 saturated heterocycles. The molecule has 0 bridgehead atoms. The highest BCUT2D eigenvalue weighted by Gasteiger charge is 2.05. The Bertz CT molecular complexity index is 508. The summed E-state index contributed by atoms with van der Waals surface area (Å²) in [6.07, 6.45) is 0. The minimum atomic E-state index is 0.503. The van der Waals surface area contributed by atoms with E-state index in [1.807, 2.05) is 30.3 Å². The van der Waals surface area contributed by atoms with E-state index in [1.54, 1.807) is 7.11 Å². The van der Waals surface area contributed by atoms with Crippen LogP contribution in [0.4, 0.5) is 0 Å². The molecule has 2 N–H and O–H groups in total. The van der Waals surface area contributed by atoms with Crippen LogP contribution in [-0.2, 0) is 6.54 Å². The molecule has 0 spiro atoms. The van der Waals surface area contributed by atoms with Crippen molar-refractivity contribution in [2.75, 3.05) is 7.11 Å². The molecule has 3 heteroatoms. The zero-order valence-corrected chi connectivity index (χ0v) is 11.2. The van der Waals surface area contributed by atoms with Crippen molar-refractivity contribution in [3.05, 3.63) is 52.5 Å². The Morgan fingerprint density at radius 2 is 1.82 bits per heavy atom. The van der Waals surface area contributed by atoms with Crippen LogP contribution in [0, 0.1) is 0 Å². The standard InChI is InChI=1S/C14H14BrNO/c1-17-13-6-7-14(11(8-13)9-16)10-2-4-12(15)5-3-10/h2-8H,9,16H2,1H3. The van der Waals surface area contributed by atoms with Gasteiger partial charge in [0.05, 0.1) is 7.11 Å². The normalized spacial score (nSPS) is 10.3. The van der Waals surface area contributed by atoms with Crippen molar-refractivity contribution in [3.8, 4) is 16.9 Å². The van der Waals surface area contributed by atoms with Gasteiger partial charge in [0.2, 0.25) is 0 Å². The van der Waals surface area contributed by atoms with Crippen LogP contribution in [-0.4, -0.2) is 7.11 Å². The Labute approximate surface area is 110 Å². The molecule has 88 valence electrons. The van der Waals surface area contributed by atoms with Gasteiger partial charge in [0.15, 0.2) is 0 Å². The molecule has 0 atom stereocenters. The van der Waals surface area contributed by atoms with Crippen LogP contribution in [0.2, 0.25) is 0 Å². The molecular weight excluding hydrogens is 278 g/mol. The summed E-state index contributed by atoms with van der Waals surface area (Å²) in [5.41, 5.74) is 9.18. The van der Waals surface area contributed by atoms with Gasteiger partial charge < -0.3 is 10.5 Å². The Balaban J connectivity index is 2.47. The number of hydrogen-bond acceptors (Lipinski definition) is 2. The average Bonchev–Trinajstić information content (AvgIpc) is 2.39. The lowest BCUT2D eigenvalue weighted by atomic mass is 9.99. The third-order valence-electron chi connectivity index (χ3n) is 2.69. The van der Waals surface area contributed by atoms with Gasteiger partial charge in [0.25, 0.3) is 0 Å². The quantitative estimate of drug-likeness (QED) is 0.938. The number of halogens is 1. The molecule has 2 nitrogen and oxygen atoms in total. The second-order valence-corrected chi connectivity index (χ2v) is 4.65. The van der Waals surface area contributed by atoms with Crippen molar-refractivity contribution >= 4 is 15.9 Å². The second kappa shape index (κ2) is 5.34. The molecule has 0 amide bonds. The number of hydrogen-bond donors (Lipinski definition) is 1. The Morgan fingerprint density at radius 1 is 1.12 bits per heavy atom. The highest BCUT2D eigenvalue weighted by molar-refractivity contribution is 9.10. The molecule has 0 aliphatic heterocycles. The second-order valence-electron chi connectivity index (χ2n) is 3.73. The molecule has 2 aromatic carbocycles. The average molecular weight is 292 g/mol. The molecule has 2 aromatic rings. The van der Waals surface area contributed by atoms with Gasteiger partial charge >= 0.3 is 0 Å². The zero-order valence-electron chi connectivity index (χ0n) is 9.61. The van der Waals surface area contributed by atoms with E-state index in [-0.39, 0.29) is 0 Å². The molecule has 0 radical (unpaired) electrons. The lowest BCUT2D eigenvalue weighted by Gasteiger charge is -2.10. The topological polar surface area (TPSA) is 35.2 Å². The van der Waals surface area contributed by atoms with Crippen molar-refractivity contribution in [1.82, 2.24) is 0 Å². The minimum absolute atomic E-state index is 0.503. The number of benzene rings is 2. The summed E-state index contributed by atoms with van der Waals surface area (Å²) in [6, 6.07) is 14.2. The van der Waals surface area contributed by atoms with E-state index in [1.165, 1.54) is 0 Å². The molecule has 0 unspecified atom stereocenters. The monoisotopic (exact) mass is 291 g/mol. The van der Waals surface area contributed by atoms with Gasteiger partial charge in [-0.3, -0.25) is 0 Å². The Morgan fingerprint density at radius 3 is 2.41 bits per heavy atom. The zero-order chi connectivity index (χ0) is 12.3. The van der Waals surface area contributed by atoms with Gasteiger partial charge in [0.1, 0.15) is 5.75 Å². The molecule has 0 aliphatic carbocycles. The highest BCUT2D eigenvalue weighted by Crippen LogP contribution is 2.28. The van der Waals surface area contributed by atoms with Gasteiger partial charge in [-0.1, -0.05) is 34.1 Å². The highest BCUT2D eigenvalue weighted by atomic mass is 79.9. The summed E-state index contributed by atoms with van der Waals surface area (Å²) >= 11 is 3.43. The van der Waals surface area contributed by atoms with Crippen molar-refractivity contribution in [2.24, 2.45) is 5.73 Å². The van der Waals surface area contributed by atoms with E-state index in [2.05, 4.69) is 28.1 Å². The largest absolute Gasteiger partial charge is 0.497 e. The summed E-state index contributed by atoms with van der Waals surface area (Å²) in [6.45, 7) is 0.503. The van der Waals surface area contributed by atoms with E-state index in [9.17, 15) is 0 Å². The van der Waals surface area contributed by atoms with Crippen LogP contribution < -0.4 is 10.5 Å². The van der Waals surface area contributed by atoms with Gasteiger partial charge in [-0.2, -0.15) is 0 Å². The van der Waals surface area contributed by atoms with Crippen molar-refractivity contribution in [1.29, 1.82) is 0 Å². The summed E-state index contributed by atoms with van der Waals surface area (Å²) in [5.74, 6) is 0.839. The van der Waals surface area contributed by atoms with Crippen LogP contribution in [0.3, 0.4) is 0 Å². The molecule has 0 fully saturated rings. The predicted octanol–water partition coefficient (Wildman–Crippen LogP) is 3.58. The van der Waals surface area contributed by atoms with Crippen molar-refractivity contribution in [3.63, 3.8) is 0 Å². The van der Waals surface area contributed by atoms with E-state index in [4.69, 9.17) is 10.5 Å². The van der Waals surface area contributed by atoms with Gasteiger partial charge in [-0.25, -0.2) is 0 Å². The minimum Gasteiger partial charge on any atom is -0.497 e. The van der Waals surface area contributed by atoms with Crippen molar-refractivity contribution < 1.29 is 4.74 Å². The number of methoxy groups -OCH3 is 1. The first-order valence-corrected chi connectivity index (χ1v) is 6.17. The Hall–Kier alpha value is -1.32. The van der Waals surface area contributed by atoms with E-state index in [0.29, 0.717) is 6.54 Å². The predicted molar refractivity (Wildman–Crippen MR) is 74.0 cm³/mol. The number of nitrogens with two attached hydrogens (primary N) is 1. The smallest absolute Gasteiger partial charge is 0.119 e. The third-order valence-corrected chi connectivity index (χ3v) is 3.22. The van der Waals surface area contributed by atoms with Crippen LogP contribution in [0.5, 0.6) is 5.75 Å².